The fraction of sp³-hybridized carbons (Fsp3) is 0.500. The van der Waals surface area contributed by atoms with Gasteiger partial charge in [-0.25, -0.2) is 4.39 Å². The lowest BCUT2D eigenvalue weighted by Crippen LogP contribution is -2.48. The Morgan fingerprint density at radius 3 is 2.87 bits per heavy atom. The van der Waals surface area contributed by atoms with Gasteiger partial charge in [0.1, 0.15) is 5.82 Å². The lowest BCUT2D eigenvalue weighted by molar-refractivity contribution is 0.534. The molecule has 0 aromatic heterocycles. The summed E-state index contributed by atoms with van der Waals surface area (Å²) >= 11 is 0. The maximum absolute atomic E-state index is 13.1. The topological polar surface area (TPSA) is 15.3 Å². The Labute approximate surface area is 90.1 Å². The minimum Gasteiger partial charge on any atom is -0.377 e. The Morgan fingerprint density at radius 2 is 2.20 bits per heavy atom. The monoisotopic (exact) mass is 208 g/mol. The molecule has 0 unspecified atom stereocenters. The highest BCUT2D eigenvalue weighted by molar-refractivity contribution is 5.73. The number of fused-ring (bicyclic) bond motifs is 1. The molecule has 0 spiro atoms. The van der Waals surface area contributed by atoms with Crippen molar-refractivity contribution < 1.29 is 4.39 Å². The molecule has 0 aliphatic carbocycles. The maximum atomic E-state index is 13.1. The average molecular weight is 208 g/mol. The third-order valence-corrected chi connectivity index (χ3v) is 2.74. The van der Waals surface area contributed by atoms with Crippen LogP contribution in [0.15, 0.2) is 18.2 Å². The molecular weight excluding hydrogens is 191 g/mol. The molecule has 2 rings (SSSR count). The van der Waals surface area contributed by atoms with Gasteiger partial charge in [-0.2, -0.15) is 0 Å². The summed E-state index contributed by atoms with van der Waals surface area (Å²) in [4.78, 5) is 2.27. The molecule has 1 aromatic rings. The Balaban J connectivity index is 2.44. The van der Waals surface area contributed by atoms with E-state index in [0.717, 1.165) is 24.5 Å². The highest BCUT2D eigenvalue weighted by Crippen LogP contribution is 2.34. The van der Waals surface area contributed by atoms with Gasteiger partial charge in [-0.1, -0.05) is 0 Å². The molecule has 1 N–H and O–H groups in total. The molecule has 0 bridgehead atoms. The molecule has 2 nitrogen and oxygen atoms in total. The Bertz CT molecular complexity index is 374. The molecular formula is C12H17FN2. The number of anilines is 2. The largest absolute Gasteiger partial charge is 0.377 e. The van der Waals surface area contributed by atoms with Crippen molar-refractivity contribution in [1.29, 1.82) is 0 Å². The van der Waals surface area contributed by atoms with Crippen molar-refractivity contribution in [2.24, 2.45) is 0 Å². The quantitative estimate of drug-likeness (QED) is 0.763. The molecule has 0 amide bonds. The van der Waals surface area contributed by atoms with Gasteiger partial charge in [0.05, 0.1) is 11.4 Å². The van der Waals surface area contributed by atoms with Gasteiger partial charge < -0.3 is 10.2 Å². The van der Waals surface area contributed by atoms with Gasteiger partial charge in [0.2, 0.25) is 0 Å². The van der Waals surface area contributed by atoms with Gasteiger partial charge in [-0.05, 0) is 39.0 Å². The van der Waals surface area contributed by atoms with Crippen LogP contribution in [-0.4, -0.2) is 18.6 Å². The van der Waals surface area contributed by atoms with Crippen molar-refractivity contribution in [3.8, 4) is 0 Å². The van der Waals surface area contributed by atoms with Gasteiger partial charge in [-0.15, -0.1) is 0 Å². The molecule has 1 heterocycles. The number of rotatable bonds is 1. The van der Waals surface area contributed by atoms with E-state index in [9.17, 15) is 4.39 Å². The first-order valence-electron chi connectivity index (χ1n) is 5.34. The van der Waals surface area contributed by atoms with Crippen molar-refractivity contribution in [3.63, 3.8) is 0 Å². The standard InChI is InChI=1S/C12H17FN2/c1-4-15-8-12(2,3)14-10-7-9(13)5-6-11(10)15/h5-7,14H,4,8H2,1-3H3. The SMILES string of the molecule is CCN1CC(C)(C)Nc2cc(F)ccc21. The summed E-state index contributed by atoms with van der Waals surface area (Å²) in [6.45, 7) is 8.27. The van der Waals surface area contributed by atoms with E-state index in [1.54, 1.807) is 6.07 Å². The summed E-state index contributed by atoms with van der Waals surface area (Å²) in [5.74, 6) is -0.185. The van der Waals surface area contributed by atoms with Crippen LogP contribution in [0.3, 0.4) is 0 Å². The van der Waals surface area contributed by atoms with Crippen LogP contribution in [0.1, 0.15) is 20.8 Å². The summed E-state index contributed by atoms with van der Waals surface area (Å²) in [5, 5.41) is 3.36. The van der Waals surface area contributed by atoms with E-state index in [4.69, 9.17) is 0 Å². The third-order valence-electron chi connectivity index (χ3n) is 2.74. The molecule has 1 aromatic carbocycles. The number of nitrogens with one attached hydrogen (secondary N) is 1. The predicted octanol–water partition coefficient (Wildman–Crippen LogP) is 2.86. The van der Waals surface area contributed by atoms with E-state index in [-0.39, 0.29) is 11.4 Å². The zero-order valence-corrected chi connectivity index (χ0v) is 9.47. The minimum atomic E-state index is -0.185. The zero-order valence-electron chi connectivity index (χ0n) is 9.47. The third kappa shape index (κ3) is 1.91. The van der Waals surface area contributed by atoms with Crippen LogP contribution in [0.4, 0.5) is 15.8 Å². The van der Waals surface area contributed by atoms with Crippen molar-refractivity contribution in [2.75, 3.05) is 23.3 Å². The minimum absolute atomic E-state index is 0.00317. The average Bonchev–Trinajstić information content (AvgIpc) is 2.14. The fourth-order valence-electron chi connectivity index (χ4n) is 2.13. The summed E-state index contributed by atoms with van der Waals surface area (Å²) in [5.41, 5.74) is 1.99. The summed E-state index contributed by atoms with van der Waals surface area (Å²) in [6, 6.07) is 4.93. The number of halogens is 1. The second-order valence-corrected chi connectivity index (χ2v) is 4.68. The lowest BCUT2D eigenvalue weighted by atomic mass is 9.99. The zero-order chi connectivity index (χ0) is 11.1. The van der Waals surface area contributed by atoms with Crippen molar-refractivity contribution in [2.45, 2.75) is 26.3 Å². The number of hydrogen-bond acceptors (Lipinski definition) is 2. The van der Waals surface area contributed by atoms with Crippen LogP contribution in [-0.2, 0) is 0 Å². The van der Waals surface area contributed by atoms with Gasteiger partial charge in [0.25, 0.3) is 0 Å². The van der Waals surface area contributed by atoms with Crippen LogP contribution >= 0.6 is 0 Å². The molecule has 3 heteroatoms. The van der Waals surface area contributed by atoms with Crippen LogP contribution in [0.25, 0.3) is 0 Å². The number of benzene rings is 1. The van der Waals surface area contributed by atoms with Crippen LogP contribution < -0.4 is 10.2 Å². The predicted molar refractivity (Wildman–Crippen MR) is 62.0 cm³/mol. The van der Waals surface area contributed by atoms with E-state index in [1.807, 2.05) is 6.07 Å². The van der Waals surface area contributed by atoms with Crippen molar-refractivity contribution in [1.82, 2.24) is 0 Å². The number of nitrogens with zero attached hydrogens (tertiary/aromatic N) is 1. The number of likely N-dealkylation sites (N-methyl/N-ethyl adjacent to an activating group) is 1. The first kappa shape index (κ1) is 10.3. The highest BCUT2D eigenvalue weighted by Gasteiger charge is 2.28. The number of hydrogen-bond donors (Lipinski definition) is 1. The molecule has 82 valence electrons. The highest BCUT2D eigenvalue weighted by atomic mass is 19.1. The second kappa shape index (κ2) is 3.40. The molecule has 0 saturated heterocycles. The maximum Gasteiger partial charge on any atom is 0.125 e. The van der Waals surface area contributed by atoms with E-state index in [2.05, 4.69) is 31.0 Å². The van der Waals surface area contributed by atoms with Gasteiger partial charge in [0.15, 0.2) is 0 Å². The second-order valence-electron chi connectivity index (χ2n) is 4.68. The first-order valence-corrected chi connectivity index (χ1v) is 5.34. The summed E-state index contributed by atoms with van der Waals surface area (Å²) < 4.78 is 13.1. The molecule has 0 fully saturated rings. The van der Waals surface area contributed by atoms with E-state index >= 15 is 0 Å². The van der Waals surface area contributed by atoms with E-state index in [0.29, 0.717) is 0 Å². The lowest BCUT2D eigenvalue weighted by Gasteiger charge is -2.41. The van der Waals surface area contributed by atoms with E-state index in [1.165, 1.54) is 6.07 Å². The molecule has 15 heavy (non-hydrogen) atoms. The van der Waals surface area contributed by atoms with Crippen molar-refractivity contribution >= 4 is 11.4 Å². The Kier molecular flexibility index (Phi) is 2.33. The van der Waals surface area contributed by atoms with Gasteiger partial charge >= 0.3 is 0 Å². The molecule has 1 aliphatic rings. The molecule has 0 saturated carbocycles. The summed E-state index contributed by atoms with van der Waals surface area (Å²) in [7, 11) is 0. The molecule has 0 atom stereocenters. The van der Waals surface area contributed by atoms with Crippen molar-refractivity contribution in [3.05, 3.63) is 24.0 Å². The first-order chi connectivity index (χ1) is 7.02. The van der Waals surface area contributed by atoms with E-state index < -0.39 is 0 Å². The Morgan fingerprint density at radius 1 is 1.47 bits per heavy atom. The smallest absolute Gasteiger partial charge is 0.125 e. The van der Waals surface area contributed by atoms with Crippen LogP contribution in [0.2, 0.25) is 0 Å². The van der Waals surface area contributed by atoms with Crippen LogP contribution in [0.5, 0.6) is 0 Å². The molecule has 1 aliphatic heterocycles. The summed E-state index contributed by atoms with van der Waals surface area (Å²) in [6.07, 6.45) is 0. The van der Waals surface area contributed by atoms with Crippen LogP contribution in [0, 0.1) is 5.82 Å². The fourth-order valence-corrected chi connectivity index (χ4v) is 2.13. The van der Waals surface area contributed by atoms with Gasteiger partial charge in [-0.3, -0.25) is 0 Å². The Hall–Kier alpha value is -1.25. The van der Waals surface area contributed by atoms with Gasteiger partial charge in [0, 0.05) is 18.6 Å². The molecule has 0 radical (unpaired) electrons. The normalized spacial score (nSPS) is 18.3.